The van der Waals surface area contributed by atoms with E-state index in [0.29, 0.717) is 43.1 Å². The van der Waals surface area contributed by atoms with E-state index < -0.39 is 0 Å². The van der Waals surface area contributed by atoms with E-state index in [2.05, 4.69) is 5.32 Å². The molecule has 1 atom stereocenters. The molecule has 3 N–H and O–H groups in total. The van der Waals surface area contributed by atoms with Crippen LogP contribution in [0, 0.1) is 5.92 Å². The fourth-order valence-electron chi connectivity index (χ4n) is 2.74. The molecule has 1 aromatic carbocycles. The van der Waals surface area contributed by atoms with Gasteiger partial charge in [-0.3, -0.25) is 14.4 Å². The summed E-state index contributed by atoms with van der Waals surface area (Å²) in [6, 6.07) is 6.62. The summed E-state index contributed by atoms with van der Waals surface area (Å²) < 4.78 is 0. The third-order valence-electron chi connectivity index (χ3n) is 4.14. The van der Waals surface area contributed by atoms with Crippen molar-refractivity contribution in [2.75, 3.05) is 19.6 Å². The number of amides is 3. The summed E-state index contributed by atoms with van der Waals surface area (Å²) in [4.78, 5) is 37.0. The Morgan fingerprint density at radius 1 is 1.25 bits per heavy atom. The Morgan fingerprint density at radius 2 is 1.96 bits per heavy atom. The number of rotatable bonds is 6. The van der Waals surface area contributed by atoms with E-state index >= 15 is 0 Å². The van der Waals surface area contributed by atoms with E-state index in [9.17, 15) is 14.4 Å². The third kappa shape index (κ3) is 5.23. The summed E-state index contributed by atoms with van der Waals surface area (Å²) in [5, 5.41) is 3.35. The Balaban J connectivity index is 1.70. The molecule has 0 saturated carbocycles. The molecule has 7 heteroatoms. The smallest absolute Gasteiger partial charge is 0.251 e. The highest BCUT2D eigenvalue weighted by molar-refractivity contribution is 6.30. The van der Waals surface area contributed by atoms with Crippen molar-refractivity contribution in [2.45, 2.75) is 25.7 Å². The standard InChI is InChI=1S/C17H22ClN3O3/c18-14-7-5-12(6-8-14)17(24)20-9-1-4-15(22)21-10-2-3-13(11-21)16(19)23/h5-8,13H,1-4,9-11H2,(H2,19,23)(H,20,24)/t13-/m1/s1. The lowest BCUT2D eigenvalue weighted by molar-refractivity contribution is -0.135. The van der Waals surface area contributed by atoms with Crippen LogP contribution in [0.3, 0.4) is 0 Å². The fourth-order valence-corrected chi connectivity index (χ4v) is 2.86. The Bertz CT molecular complexity index is 604. The molecule has 0 aliphatic carbocycles. The molecule has 0 spiro atoms. The maximum Gasteiger partial charge on any atom is 0.251 e. The van der Waals surface area contributed by atoms with Crippen LogP contribution in [0.15, 0.2) is 24.3 Å². The number of piperidine rings is 1. The lowest BCUT2D eigenvalue weighted by Crippen LogP contribution is -2.44. The Labute approximate surface area is 146 Å². The number of hydrogen-bond donors (Lipinski definition) is 2. The predicted octanol–water partition coefficient (Wildman–Crippen LogP) is 1.57. The second-order valence-corrected chi connectivity index (χ2v) is 6.38. The fraction of sp³-hybridized carbons (Fsp3) is 0.471. The molecule has 3 amide bonds. The van der Waals surface area contributed by atoms with Crippen molar-refractivity contribution in [3.63, 3.8) is 0 Å². The SMILES string of the molecule is NC(=O)[C@@H]1CCCN(C(=O)CCCNC(=O)c2ccc(Cl)cc2)C1. The number of hydrogen-bond acceptors (Lipinski definition) is 3. The molecular weight excluding hydrogens is 330 g/mol. The lowest BCUT2D eigenvalue weighted by Gasteiger charge is -2.31. The molecule has 1 fully saturated rings. The Kier molecular flexibility index (Phi) is 6.61. The van der Waals surface area contributed by atoms with Crippen LogP contribution >= 0.6 is 11.6 Å². The van der Waals surface area contributed by atoms with Crippen LogP contribution in [0.4, 0.5) is 0 Å². The molecule has 1 saturated heterocycles. The lowest BCUT2D eigenvalue weighted by atomic mass is 9.97. The van der Waals surface area contributed by atoms with Crippen LogP contribution in [0.25, 0.3) is 0 Å². The van der Waals surface area contributed by atoms with Gasteiger partial charge < -0.3 is 16.0 Å². The summed E-state index contributed by atoms with van der Waals surface area (Å²) >= 11 is 5.78. The summed E-state index contributed by atoms with van der Waals surface area (Å²) in [7, 11) is 0. The van der Waals surface area contributed by atoms with Crippen LogP contribution in [0.1, 0.15) is 36.0 Å². The maximum absolute atomic E-state index is 12.2. The Morgan fingerprint density at radius 3 is 2.62 bits per heavy atom. The average molecular weight is 352 g/mol. The summed E-state index contributed by atoms with van der Waals surface area (Å²) in [5.41, 5.74) is 5.85. The molecule has 24 heavy (non-hydrogen) atoms. The van der Waals surface area contributed by atoms with Gasteiger partial charge in [-0.25, -0.2) is 0 Å². The van der Waals surface area contributed by atoms with Crippen LogP contribution in [0.5, 0.6) is 0 Å². The van der Waals surface area contributed by atoms with Crippen LogP contribution in [-0.2, 0) is 9.59 Å². The van der Waals surface area contributed by atoms with Gasteiger partial charge in [0.2, 0.25) is 11.8 Å². The first-order valence-corrected chi connectivity index (χ1v) is 8.46. The first kappa shape index (κ1) is 18.3. The van der Waals surface area contributed by atoms with Crippen molar-refractivity contribution in [1.29, 1.82) is 0 Å². The normalized spacial score (nSPS) is 17.4. The second kappa shape index (κ2) is 8.68. The van der Waals surface area contributed by atoms with Gasteiger partial charge in [-0.15, -0.1) is 0 Å². The molecule has 0 bridgehead atoms. The number of carbonyl (C=O) groups excluding carboxylic acids is 3. The second-order valence-electron chi connectivity index (χ2n) is 5.95. The summed E-state index contributed by atoms with van der Waals surface area (Å²) in [6.45, 7) is 1.49. The van der Waals surface area contributed by atoms with Gasteiger partial charge in [0.25, 0.3) is 5.91 Å². The van der Waals surface area contributed by atoms with E-state index in [-0.39, 0.29) is 23.6 Å². The zero-order chi connectivity index (χ0) is 17.5. The van der Waals surface area contributed by atoms with Crippen molar-refractivity contribution in [1.82, 2.24) is 10.2 Å². The van der Waals surface area contributed by atoms with Gasteiger partial charge in [-0.05, 0) is 43.5 Å². The minimum Gasteiger partial charge on any atom is -0.369 e. The first-order chi connectivity index (χ1) is 11.5. The maximum atomic E-state index is 12.2. The number of nitrogens with one attached hydrogen (secondary N) is 1. The van der Waals surface area contributed by atoms with Gasteiger partial charge in [-0.1, -0.05) is 11.6 Å². The van der Waals surface area contributed by atoms with Gasteiger partial charge in [0.1, 0.15) is 0 Å². The van der Waals surface area contributed by atoms with Crippen molar-refractivity contribution < 1.29 is 14.4 Å². The molecule has 1 heterocycles. The van der Waals surface area contributed by atoms with Crippen molar-refractivity contribution in [2.24, 2.45) is 11.7 Å². The highest BCUT2D eigenvalue weighted by Gasteiger charge is 2.26. The number of primary amides is 1. The van der Waals surface area contributed by atoms with Gasteiger partial charge in [0.15, 0.2) is 0 Å². The first-order valence-electron chi connectivity index (χ1n) is 8.08. The molecule has 0 radical (unpaired) electrons. The molecule has 130 valence electrons. The van der Waals surface area contributed by atoms with E-state index in [1.165, 1.54) is 0 Å². The number of nitrogens with two attached hydrogens (primary N) is 1. The number of nitrogens with zero attached hydrogens (tertiary/aromatic N) is 1. The van der Waals surface area contributed by atoms with Gasteiger partial charge in [-0.2, -0.15) is 0 Å². The number of benzene rings is 1. The molecule has 2 rings (SSSR count). The highest BCUT2D eigenvalue weighted by Crippen LogP contribution is 2.17. The molecule has 1 aromatic rings. The Hall–Kier alpha value is -2.08. The molecule has 0 aromatic heterocycles. The van der Waals surface area contributed by atoms with Crippen molar-refractivity contribution >= 4 is 29.3 Å². The topological polar surface area (TPSA) is 92.5 Å². The van der Waals surface area contributed by atoms with E-state index in [1.54, 1.807) is 29.2 Å². The number of likely N-dealkylation sites (tertiary alicyclic amines) is 1. The minimum absolute atomic E-state index is 0.00157. The van der Waals surface area contributed by atoms with E-state index in [4.69, 9.17) is 17.3 Å². The molecule has 1 aliphatic rings. The summed E-state index contributed by atoms with van der Waals surface area (Å²) in [5.74, 6) is -0.775. The molecule has 0 unspecified atom stereocenters. The van der Waals surface area contributed by atoms with E-state index in [1.807, 2.05) is 0 Å². The molecule has 1 aliphatic heterocycles. The number of carbonyl (C=O) groups is 3. The van der Waals surface area contributed by atoms with Crippen LogP contribution < -0.4 is 11.1 Å². The van der Waals surface area contributed by atoms with Gasteiger partial charge in [0, 0.05) is 36.6 Å². The summed E-state index contributed by atoms with van der Waals surface area (Å²) in [6.07, 6.45) is 2.44. The molecule has 6 nitrogen and oxygen atoms in total. The van der Waals surface area contributed by atoms with Crippen LogP contribution in [-0.4, -0.2) is 42.3 Å². The predicted molar refractivity (Wildman–Crippen MR) is 91.5 cm³/mol. The van der Waals surface area contributed by atoms with E-state index in [0.717, 1.165) is 12.8 Å². The average Bonchev–Trinajstić information content (AvgIpc) is 2.59. The zero-order valence-corrected chi connectivity index (χ0v) is 14.2. The van der Waals surface area contributed by atoms with Crippen LogP contribution in [0.2, 0.25) is 5.02 Å². The number of halogens is 1. The highest BCUT2D eigenvalue weighted by atomic mass is 35.5. The van der Waals surface area contributed by atoms with Crippen molar-refractivity contribution in [3.05, 3.63) is 34.9 Å². The molecular formula is C17H22ClN3O3. The third-order valence-corrected chi connectivity index (χ3v) is 4.39. The monoisotopic (exact) mass is 351 g/mol. The van der Waals surface area contributed by atoms with Crippen molar-refractivity contribution in [3.8, 4) is 0 Å². The van der Waals surface area contributed by atoms with Gasteiger partial charge in [0.05, 0.1) is 5.92 Å². The quantitative estimate of drug-likeness (QED) is 0.762. The largest absolute Gasteiger partial charge is 0.369 e. The van der Waals surface area contributed by atoms with Gasteiger partial charge >= 0.3 is 0 Å². The minimum atomic E-state index is -0.345. The zero-order valence-electron chi connectivity index (χ0n) is 13.5.